The van der Waals surface area contributed by atoms with Crippen molar-refractivity contribution in [3.05, 3.63) is 23.9 Å². The molecular weight excluding hydrogens is 258 g/mol. The zero-order valence-electron chi connectivity index (χ0n) is 12.3. The lowest BCUT2D eigenvalue weighted by molar-refractivity contribution is -0.137. The van der Waals surface area contributed by atoms with E-state index in [1.807, 2.05) is 32.8 Å². The summed E-state index contributed by atoms with van der Waals surface area (Å²) in [5, 5.41) is 8.89. The largest absolute Gasteiger partial charge is 0.480 e. The Morgan fingerprint density at radius 2 is 1.95 bits per heavy atom. The molecule has 0 aliphatic carbocycles. The fourth-order valence-corrected chi connectivity index (χ4v) is 1.78. The van der Waals surface area contributed by atoms with Crippen molar-refractivity contribution in [1.82, 2.24) is 9.88 Å². The van der Waals surface area contributed by atoms with Crippen molar-refractivity contribution >= 4 is 17.7 Å². The average Bonchev–Trinajstić information content (AvgIpc) is 2.36. The van der Waals surface area contributed by atoms with Gasteiger partial charge in [0, 0.05) is 26.8 Å². The first kappa shape index (κ1) is 15.9. The zero-order chi connectivity index (χ0) is 15.3. The number of carboxylic acids is 1. The Kier molecular flexibility index (Phi) is 5.49. The summed E-state index contributed by atoms with van der Waals surface area (Å²) in [5.74, 6) is -0.377. The summed E-state index contributed by atoms with van der Waals surface area (Å²) in [6, 6.07) is 3.40. The molecule has 1 rings (SSSR count). The number of hydrogen-bond acceptors (Lipinski definition) is 4. The lowest BCUT2D eigenvalue weighted by Crippen LogP contribution is -2.38. The van der Waals surface area contributed by atoms with E-state index < -0.39 is 5.97 Å². The van der Waals surface area contributed by atoms with Gasteiger partial charge < -0.3 is 14.9 Å². The first-order chi connectivity index (χ1) is 9.31. The molecule has 6 heteroatoms. The van der Waals surface area contributed by atoms with E-state index in [1.165, 1.54) is 11.1 Å². The van der Waals surface area contributed by atoms with E-state index in [9.17, 15) is 9.59 Å². The molecule has 1 amide bonds. The van der Waals surface area contributed by atoms with Crippen LogP contribution in [0.1, 0.15) is 24.2 Å². The molecule has 0 saturated heterocycles. The first-order valence-corrected chi connectivity index (χ1v) is 6.45. The third-order valence-electron chi connectivity index (χ3n) is 2.65. The molecule has 6 nitrogen and oxygen atoms in total. The smallest absolute Gasteiger partial charge is 0.323 e. The fourth-order valence-electron chi connectivity index (χ4n) is 1.78. The van der Waals surface area contributed by atoms with Gasteiger partial charge in [-0.15, -0.1) is 0 Å². The molecule has 0 saturated carbocycles. The molecule has 1 aromatic heterocycles. The van der Waals surface area contributed by atoms with Crippen molar-refractivity contribution in [3.63, 3.8) is 0 Å². The number of anilines is 1. The van der Waals surface area contributed by atoms with Crippen molar-refractivity contribution < 1.29 is 14.7 Å². The van der Waals surface area contributed by atoms with Crippen LogP contribution in [0.3, 0.4) is 0 Å². The van der Waals surface area contributed by atoms with E-state index in [2.05, 4.69) is 4.98 Å². The van der Waals surface area contributed by atoms with Crippen LogP contribution < -0.4 is 4.90 Å². The quantitative estimate of drug-likeness (QED) is 0.850. The fraction of sp³-hybridized carbons (Fsp3) is 0.500. The van der Waals surface area contributed by atoms with Crippen LogP contribution in [-0.4, -0.2) is 54.1 Å². The Hall–Kier alpha value is -2.11. The van der Waals surface area contributed by atoms with Crippen LogP contribution in [0.15, 0.2) is 18.3 Å². The van der Waals surface area contributed by atoms with Gasteiger partial charge in [-0.25, -0.2) is 4.98 Å². The van der Waals surface area contributed by atoms with Crippen molar-refractivity contribution in [2.24, 2.45) is 5.92 Å². The molecule has 0 radical (unpaired) electrons. The van der Waals surface area contributed by atoms with E-state index in [1.54, 1.807) is 12.1 Å². The maximum atomic E-state index is 12.3. The number of hydrogen-bond donors (Lipinski definition) is 1. The van der Waals surface area contributed by atoms with Crippen LogP contribution in [0.2, 0.25) is 0 Å². The van der Waals surface area contributed by atoms with Gasteiger partial charge in [-0.3, -0.25) is 9.59 Å². The summed E-state index contributed by atoms with van der Waals surface area (Å²) >= 11 is 0. The average molecular weight is 279 g/mol. The van der Waals surface area contributed by atoms with Crippen LogP contribution in [0.25, 0.3) is 0 Å². The Bertz CT molecular complexity index is 469. The highest BCUT2D eigenvalue weighted by Crippen LogP contribution is 2.11. The summed E-state index contributed by atoms with van der Waals surface area (Å²) in [7, 11) is 3.72. The minimum absolute atomic E-state index is 0.201. The lowest BCUT2D eigenvalue weighted by atomic mass is 10.1. The van der Waals surface area contributed by atoms with Crippen molar-refractivity contribution in [2.75, 3.05) is 32.1 Å². The topological polar surface area (TPSA) is 73.7 Å². The van der Waals surface area contributed by atoms with Crippen molar-refractivity contribution in [3.8, 4) is 0 Å². The summed E-state index contributed by atoms with van der Waals surface area (Å²) < 4.78 is 0. The molecular formula is C14H21N3O3. The molecule has 0 fully saturated rings. The van der Waals surface area contributed by atoms with Crippen LogP contribution in [-0.2, 0) is 4.79 Å². The molecule has 0 atom stereocenters. The lowest BCUT2D eigenvalue weighted by Gasteiger charge is -2.22. The highest BCUT2D eigenvalue weighted by molar-refractivity contribution is 5.95. The normalized spacial score (nSPS) is 10.4. The number of aliphatic carboxylic acids is 1. The van der Waals surface area contributed by atoms with E-state index in [0.717, 1.165) is 5.82 Å². The second-order valence-electron chi connectivity index (χ2n) is 5.27. The Labute approximate surface area is 119 Å². The van der Waals surface area contributed by atoms with Crippen LogP contribution in [0.4, 0.5) is 5.82 Å². The molecule has 0 aliphatic rings. The van der Waals surface area contributed by atoms with Crippen LogP contribution >= 0.6 is 0 Å². The summed E-state index contributed by atoms with van der Waals surface area (Å²) in [6.45, 7) is 3.98. The van der Waals surface area contributed by atoms with Gasteiger partial charge in [-0.2, -0.15) is 0 Å². The summed E-state index contributed by atoms with van der Waals surface area (Å²) in [5.41, 5.74) is 0.400. The van der Waals surface area contributed by atoms with Crippen molar-refractivity contribution in [1.29, 1.82) is 0 Å². The van der Waals surface area contributed by atoms with Gasteiger partial charge in [0.15, 0.2) is 0 Å². The zero-order valence-corrected chi connectivity index (χ0v) is 12.3. The molecule has 0 unspecified atom stereocenters. The van der Waals surface area contributed by atoms with Crippen molar-refractivity contribution in [2.45, 2.75) is 13.8 Å². The Morgan fingerprint density at radius 1 is 1.30 bits per heavy atom. The molecule has 110 valence electrons. The third-order valence-corrected chi connectivity index (χ3v) is 2.65. The maximum Gasteiger partial charge on any atom is 0.323 e. The van der Waals surface area contributed by atoms with E-state index >= 15 is 0 Å². The number of rotatable bonds is 6. The standard InChI is InChI=1S/C14H21N3O3/c1-10(2)8-17(9-13(18)19)14(20)11-5-6-12(15-7-11)16(3)4/h5-7,10H,8-9H2,1-4H3,(H,18,19). The van der Waals surface area contributed by atoms with Gasteiger partial charge in [0.2, 0.25) is 0 Å². The number of carboxylic acid groups (broad SMARTS) is 1. The van der Waals surface area contributed by atoms with E-state index in [4.69, 9.17) is 5.11 Å². The summed E-state index contributed by atoms with van der Waals surface area (Å²) in [6.07, 6.45) is 1.48. The number of amides is 1. The SMILES string of the molecule is CC(C)CN(CC(=O)O)C(=O)c1ccc(N(C)C)nc1. The molecule has 1 N–H and O–H groups in total. The molecule has 20 heavy (non-hydrogen) atoms. The highest BCUT2D eigenvalue weighted by atomic mass is 16.4. The van der Waals surface area contributed by atoms with E-state index in [0.29, 0.717) is 12.1 Å². The van der Waals surface area contributed by atoms with Crippen LogP contribution in [0, 0.1) is 5.92 Å². The number of pyridine rings is 1. The van der Waals surface area contributed by atoms with Gasteiger partial charge in [-0.05, 0) is 18.1 Å². The van der Waals surface area contributed by atoms with Crippen LogP contribution in [0.5, 0.6) is 0 Å². The number of aromatic nitrogens is 1. The molecule has 1 aromatic rings. The third kappa shape index (κ3) is 4.53. The molecule has 0 bridgehead atoms. The Morgan fingerprint density at radius 3 is 2.35 bits per heavy atom. The van der Waals surface area contributed by atoms with Gasteiger partial charge in [-0.1, -0.05) is 13.8 Å². The predicted molar refractivity (Wildman–Crippen MR) is 76.9 cm³/mol. The molecule has 1 heterocycles. The minimum Gasteiger partial charge on any atom is -0.480 e. The predicted octanol–water partition coefficient (Wildman–Crippen LogP) is 1.33. The van der Waals surface area contributed by atoms with E-state index in [-0.39, 0.29) is 18.4 Å². The second-order valence-corrected chi connectivity index (χ2v) is 5.27. The number of nitrogens with zero attached hydrogens (tertiary/aromatic N) is 3. The first-order valence-electron chi connectivity index (χ1n) is 6.45. The second kappa shape index (κ2) is 6.88. The molecule has 0 aliphatic heterocycles. The highest BCUT2D eigenvalue weighted by Gasteiger charge is 2.19. The maximum absolute atomic E-state index is 12.3. The van der Waals surface area contributed by atoms with Gasteiger partial charge in [0.1, 0.15) is 12.4 Å². The minimum atomic E-state index is -1.02. The molecule has 0 spiro atoms. The van der Waals surface area contributed by atoms with Gasteiger partial charge in [0.25, 0.3) is 5.91 Å². The number of carbonyl (C=O) groups is 2. The summed E-state index contributed by atoms with van der Waals surface area (Å²) in [4.78, 5) is 30.5. The Balaban J connectivity index is 2.90. The molecule has 0 aromatic carbocycles. The van der Waals surface area contributed by atoms with Gasteiger partial charge >= 0.3 is 5.97 Å². The van der Waals surface area contributed by atoms with Gasteiger partial charge in [0.05, 0.1) is 5.56 Å². The monoisotopic (exact) mass is 279 g/mol. The number of carbonyl (C=O) groups excluding carboxylic acids is 1.